The summed E-state index contributed by atoms with van der Waals surface area (Å²) in [6.07, 6.45) is 0.938. The lowest BCUT2D eigenvalue weighted by atomic mass is 10.2. The summed E-state index contributed by atoms with van der Waals surface area (Å²) in [5, 5.41) is 0. The Morgan fingerprint density at radius 3 is 2.91 bits per heavy atom. The Labute approximate surface area is 75.3 Å². The van der Waals surface area contributed by atoms with Crippen molar-refractivity contribution >= 4 is 22.9 Å². The van der Waals surface area contributed by atoms with Gasteiger partial charge >= 0.3 is 0 Å². The average Bonchev–Trinajstić information content (AvgIpc) is 2.35. The monoisotopic (exact) mass is 190 g/mol. The molecule has 2 nitrogen and oxygen atoms in total. The topological polar surface area (TPSA) is 38.0 Å². The van der Waals surface area contributed by atoms with Gasteiger partial charge in [-0.3, -0.25) is 11.3 Å². The lowest BCUT2D eigenvalue weighted by Crippen LogP contribution is -2.33. The summed E-state index contributed by atoms with van der Waals surface area (Å²) in [5.74, 6) is 5.25. The Morgan fingerprint density at radius 1 is 1.73 bits per heavy atom. The third kappa shape index (κ3) is 2.79. The fourth-order valence-electron chi connectivity index (χ4n) is 0.822. The van der Waals surface area contributed by atoms with Gasteiger partial charge < -0.3 is 0 Å². The second kappa shape index (κ2) is 4.07. The van der Waals surface area contributed by atoms with E-state index >= 15 is 0 Å². The van der Waals surface area contributed by atoms with Crippen LogP contribution in [0.3, 0.4) is 0 Å². The minimum atomic E-state index is 0.310. The zero-order valence-electron chi connectivity index (χ0n) is 6.30. The molecule has 1 heterocycles. The Hall–Kier alpha value is -0.0900. The molecule has 4 heteroatoms. The number of nitrogens with one attached hydrogen (secondary N) is 1. The standard InChI is InChI=1S/C7H11ClN2S/c1-5(10-9)4-6-2-3-7(8)11-6/h2-3,5,10H,4,9H2,1H3. The Morgan fingerprint density at radius 2 is 2.45 bits per heavy atom. The van der Waals surface area contributed by atoms with E-state index < -0.39 is 0 Å². The van der Waals surface area contributed by atoms with Crippen molar-refractivity contribution in [3.8, 4) is 0 Å². The SMILES string of the molecule is CC(Cc1ccc(Cl)s1)NN. The van der Waals surface area contributed by atoms with E-state index in [9.17, 15) is 0 Å². The van der Waals surface area contributed by atoms with E-state index in [4.69, 9.17) is 17.4 Å². The van der Waals surface area contributed by atoms with Gasteiger partial charge in [-0.2, -0.15) is 0 Å². The van der Waals surface area contributed by atoms with Crippen LogP contribution in [0.15, 0.2) is 12.1 Å². The van der Waals surface area contributed by atoms with Crippen molar-refractivity contribution in [1.82, 2.24) is 5.43 Å². The van der Waals surface area contributed by atoms with Crippen LogP contribution in [0.1, 0.15) is 11.8 Å². The largest absolute Gasteiger partial charge is 0.271 e. The summed E-state index contributed by atoms with van der Waals surface area (Å²) >= 11 is 7.36. The van der Waals surface area contributed by atoms with Crippen LogP contribution < -0.4 is 11.3 Å². The van der Waals surface area contributed by atoms with Crippen LogP contribution in [0.25, 0.3) is 0 Å². The maximum atomic E-state index is 5.75. The lowest BCUT2D eigenvalue weighted by molar-refractivity contribution is 0.571. The average molecular weight is 191 g/mol. The number of thiophene rings is 1. The highest BCUT2D eigenvalue weighted by atomic mass is 35.5. The van der Waals surface area contributed by atoms with Gasteiger partial charge in [0.2, 0.25) is 0 Å². The van der Waals surface area contributed by atoms with Crippen molar-refractivity contribution in [1.29, 1.82) is 0 Å². The molecule has 0 aromatic carbocycles. The summed E-state index contributed by atoms with van der Waals surface area (Å²) in [5.41, 5.74) is 2.69. The molecule has 0 radical (unpaired) electrons. The number of hydrazine groups is 1. The van der Waals surface area contributed by atoms with Crippen molar-refractivity contribution in [2.75, 3.05) is 0 Å². The second-order valence-electron chi connectivity index (χ2n) is 2.48. The molecule has 1 atom stereocenters. The van der Waals surface area contributed by atoms with Crippen molar-refractivity contribution in [3.05, 3.63) is 21.3 Å². The molecule has 0 aliphatic rings. The third-order valence-corrected chi connectivity index (χ3v) is 2.67. The van der Waals surface area contributed by atoms with E-state index in [0.29, 0.717) is 6.04 Å². The quantitative estimate of drug-likeness (QED) is 0.564. The Balaban J connectivity index is 2.50. The molecule has 0 saturated heterocycles. The Kier molecular flexibility index (Phi) is 3.33. The molecule has 1 aromatic rings. The molecule has 0 fully saturated rings. The second-order valence-corrected chi connectivity index (χ2v) is 4.28. The molecule has 1 rings (SSSR count). The number of halogens is 1. The van der Waals surface area contributed by atoms with Gasteiger partial charge in [0.05, 0.1) is 4.34 Å². The van der Waals surface area contributed by atoms with E-state index in [1.807, 2.05) is 19.1 Å². The first-order chi connectivity index (χ1) is 5.22. The summed E-state index contributed by atoms with van der Waals surface area (Å²) in [6, 6.07) is 4.25. The predicted molar refractivity (Wildman–Crippen MR) is 49.8 cm³/mol. The summed E-state index contributed by atoms with van der Waals surface area (Å²) in [4.78, 5) is 1.26. The van der Waals surface area contributed by atoms with Crippen LogP contribution in [-0.4, -0.2) is 6.04 Å². The molecule has 1 aromatic heterocycles. The molecular weight excluding hydrogens is 180 g/mol. The van der Waals surface area contributed by atoms with Gasteiger partial charge in [-0.1, -0.05) is 11.6 Å². The maximum absolute atomic E-state index is 5.75. The minimum Gasteiger partial charge on any atom is -0.271 e. The van der Waals surface area contributed by atoms with Crippen molar-refractivity contribution in [3.63, 3.8) is 0 Å². The zero-order valence-corrected chi connectivity index (χ0v) is 7.88. The van der Waals surface area contributed by atoms with Crippen molar-refractivity contribution in [2.24, 2.45) is 5.84 Å². The van der Waals surface area contributed by atoms with E-state index in [0.717, 1.165) is 10.8 Å². The maximum Gasteiger partial charge on any atom is 0.0931 e. The van der Waals surface area contributed by atoms with Gasteiger partial charge in [-0.05, 0) is 25.5 Å². The van der Waals surface area contributed by atoms with Crippen LogP contribution in [0.5, 0.6) is 0 Å². The molecule has 62 valence electrons. The molecule has 0 spiro atoms. The first kappa shape index (κ1) is 9.00. The normalized spacial score (nSPS) is 13.4. The van der Waals surface area contributed by atoms with Crippen LogP contribution >= 0.6 is 22.9 Å². The number of hydrogen-bond acceptors (Lipinski definition) is 3. The van der Waals surface area contributed by atoms with Gasteiger partial charge in [-0.15, -0.1) is 11.3 Å². The molecule has 0 aliphatic carbocycles. The molecule has 3 N–H and O–H groups in total. The summed E-state index contributed by atoms with van der Waals surface area (Å²) in [7, 11) is 0. The van der Waals surface area contributed by atoms with E-state index in [-0.39, 0.29) is 0 Å². The fraction of sp³-hybridized carbons (Fsp3) is 0.429. The zero-order chi connectivity index (χ0) is 8.27. The van der Waals surface area contributed by atoms with Crippen LogP contribution in [0.2, 0.25) is 4.34 Å². The smallest absolute Gasteiger partial charge is 0.0931 e. The number of hydrogen-bond donors (Lipinski definition) is 2. The third-order valence-electron chi connectivity index (χ3n) is 1.42. The summed E-state index contributed by atoms with van der Waals surface area (Å²) < 4.78 is 0.837. The molecule has 0 bridgehead atoms. The molecule has 11 heavy (non-hydrogen) atoms. The predicted octanol–water partition coefficient (Wildman–Crippen LogP) is 1.80. The van der Waals surface area contributed by atoms with Gasteiger partial charge in [-0.25, -0.2) is 0 Å². The van der Waals surface area contributed by atoms with Crippen LogP contribution in [0.4, 0.5) is 0 Å². The first-order valence-electron chi connectivity index (χ1n) is 3.42. The van der Waals surface area contributed by atoms with E-state index in [2.05, 4.69) is 5.43 Å². The first-order valence-corrected chi connectivity index (χ1v) is 4.62. The fourth-order valence-corrected chi connectivity index (χ4v) is 2.04. The van der Waals surface area contributed by atoms with Crippen molar-refractivity contribution < 1.29 is 0 Å². The van der Waals surface area contributed by atoms with Gasteiger partial charge in [0, 0.05) is 10.9 Å². The highest BCUT2D eigenvalue weighted by molar-refractivity contribution is 7.16. The lowest BCUT2D eigenvalue weighted by Gasteiger charge is -2.06. The highest BCUT2D eigenvalue weighted by Crippen LogP contribution is 2.22. The summed E-state index contributed by atoms with van der Waals surface area (Å²) in [6.45, 7) is 2.04. The molecule has 0 amide bonds. The van der Waals surface area contributed by atoms with E-state index in [1.54, 1.807) is 11.3 Å². The van der Waals surface area contributed by atoms with Gasteiger partial charge in [0.15, 0.2) is 0 Å². The minimum absolute atomic E-state index is 0.310. The Bertz CT molecular complexity index is 224. The number of nitrogens with two attached hydrogens (primary N) is 1. The molecule has 0 saturated carbocycles. The highest BCUT2D eigenvalue weighted by Gasteiger charge is 2.02. The van der Waals surface area contributed by atoms with Crippen molar-refractivity contribution in [2.45, 2.75) is 19.4 Å². The van der Waals surface area contributed by atoms with Crippen LogP contribution in [0, 0.1) is 0 Å². The van der Waals surface area contributed by atoms with Crippen LogP contribution in [-0.2, 0) is 6.42 Å². The molecular formula is C7H11ClN2S. The van der Waals surface area contributed by atoms with E-state index in [1.165, 1.54) is 4.88 Å². The van der Waals surface area contributed by atoms with Gasteiger partial charge in [0.1, 0.15) is 0 Å². The molecule has 1 unspecified atom stereocenters. The van der Waals surface area contributed by atoms with Gasteiger partial charge in [0.25, 0.3) is 0 Å². The number of rotatable bonds is 3. The molecule has 0 aliphatic heterocycles.